The fourth-order valence-corrected chi connectivity index (χ4v) is 4.30. The molecule has 2 fully saturated rings. The van der Waals surface area contributed by atoms with Crippen LogP contribution in [0.1, 0.15) is 18.4 Å². The number of amides is 2. The summed E-state index contributed by atoms with van der Waals surface area (Å²) >= 11 is 0. The number of nitrogens with two attached hydrogens (primary N) is 1. The van der Waals surface area contributed by atoms with Crippen LogP contribution in [0.3, 0.4) is 0 Å². The summed E-state index contributed by atoms with van der Waals surface area (Å²) < 4.78 is 39.3. The SMILES string of the molecule is N=C(/C(=C\N)c1ccc2nccc(N3CCN(C(=O)N4CCCC4)CC3)c2c1)C(F)(F)F. The van der Waals surface area contributed by atoms with E-state index < -0.39 is 11.9 Å². The first-order valence-corrected chi connectivity index (χ1v) is 10.6. The van der Waals surface area contributed by atoms with E-state index in [1.807, 2.05) is 15.9 Å². The van der Waals surface area contributed by atoms with Gasteiger partial charge in [-0.25, -0.2) is 4.79 Å². The van der Waals surface area contributed by atoms with Crippen LogP contribution in [0.5, 0.6) is 0 Å². The van der Waals surface area contributed by atoms with Gasteiger partial charge < -0.3 is 20.4 Å². The lowest BCUT2D eigenvalue weighted by Gasteiger charge is -2.38. The zero-order valence-electron chi connectivity index (χ0n) is 17.5. The number of urea groups is 1. The third kappa shape index (κ3) is 4.21. The average Bonchev–Trinajstić information content (AvgIpc) is 3.33. The van der Waals surface area contributed by atoms with Gasteiger partial charge >= 0.3 is 12.2 Å². The van der Waals surface area contributed by atoms with E-state index in [0.717, 1.165) is 37.8 Å². The fraction of sp³-hybridized carbons (Fsp3) is 0.409. The van der Waals surface area contributed by atoms with Crippen molar-refractivity contribution in [1.82, 2.24) is 14.8 Å². The molecule has 0 radical (unpaired) electrons. The van der Waals surface area contributed by atoms with E-state index in [9.17, 15) is 18.0 Å². The Bertz CT molecular complexity index is 1050. The van der Waals surface area contributed by atoms with Crippen LogP contribution in [0.2, 0.25) is 0 Å². The summed E-state index contributed by atoms with van der Waals surface area (Å²) in [5.41, 5.74) is 5.26. The second-order valence-electron chi connectivity index (χ2n) is 7.97. The molecule has 0 aliphatic carbocycles. The maximum Gasteiger partial charge on any atom is 0.433 e. The van der Waals surface area contributed by atoms with Crippen LogP contribution in [0.4, 0.5) is 23.7 Å². The van der Waals surface area contributed by atoms with E-state index in [4.69, 9.17) is 11.1 Å². The Morgan fingerprint density at radius 2 is 1.69 bits per heavy atom. The third-order valence-electron chi connectivity index (χ3n) is 6.02. The Labute approximate surface area is 183 Å². The normalized spacial score (nSPS) is 17.8. The van der Waals surface area contributed by atoms with Crippen molar-refractivity contribution in [1.29, 1.82) is 5.41 Å². The van der Waals surface area contributed by atoms with E-state index in [1.165, 1.54) is 6.07 Å². The maximum absolute atomic E-state index is 13.1. The van der Waals surface area contributed by atoms with Crippen molar-refractivity contribution in [2.45, 2.75) is 19.0 Å². The molecule has 0 bridgehead atoms. The largest absolute Gasteiger partial charge is 0.433 e. The van der Waals surface area contributed by atoms with Gasteiger partial charge in [-0.05, 0) is 36.6 Å². The van der Waals surface area contributed by atoms with Crippen LogP contribution in [-0.4, -0.2) is 72.0 Å². The van der Waals surface area contributed by atoms with Crippen LogP contribution < -0.4 is 10.6 Å². The number of allylic oxidation sites excluding steroid dienone is 1. The van der Waals surface area contributed by atoms with Crippen LogP contribution in [0, 0.1) is 5.41 Å². The number of halogens is 3. The van der Waals surface area contributed by atoms with Crippen molar-refractivity contribution in [3.8, 4) is 0 Å². The number of benzene rings is 1. The molecule has 3 heterocycles. The van der Waals surface area contributed by atoms with Crippen LogP contribution in [-0.2, 0) is 0 Å². The van der Waals surface area contributed by atoms with Crippen LogP contribution >= 0.6 is 0 Å². The van der Waals surface area contributed by atoms with Gasteiger partial charge in [0.25, 0.3) is 0 Å². The molecule has 0 unspecified atom stereocenters. The number of likely N-dealkylation sites (tertiary alicyclic amines) is 1. The minimum absolute atomic E-state index is 0.0763. The van der Waals surface area contributed by atoms with E-state index in [1.54, 1.807) is 18.3 Å². The van der Waals surface area contributed by atoms with Crippen molar-refractivity contribution in [3.05, 3.63) is 42.2 Å². The second kappa shape index (κ2) is 8.68. The number of carbonyl (C=O) groups excluding carboxylic acids is 1. The highest BCUT2D eigenvalue weighted by atomic mass is 19.4. The lowest BCUT2D eigenvalue weighted by atomic mass is 9.99. The van der Waals surface area contributed by atoms with Gasteiger partial charge in [0.2, 0.25) is 0 Å². The molecule has 4 rings (SSSR count). The van der Waals surface area contributed by atoms with Gasteiger partial charge in [-0.1, -0.05) is 6.07 Å². The predicted molar refractivity (Wildman–Crippen MR) is 118 cm³/mol. The summed E-state index contributed by atoms with van der Waals surface area (Å²) in [5, 5.41) is 8.16. The summed E-state index contributed by atoms with van der Waals surface area (Å²) in [6, 6.07) is 6.62. The number of nitrogens with zero attached hydrogens (tertiary/aromatic N) is 4. The predicted octanol–water partition coefficient (Wildman–Crippen LogP) is 3.45. The molecule has 2 aliphatic rings. The van der Waals surface area contributed by atoms with Gasteiger partial charge in [0.1, 0.15) is 5.71 Å². The molecule has 1 aromatic heterocycles. The minimum Gasteiger partial charge on any atom is -0.404 e. The third-order valence-corrected chi connectivity index (χ3v) is 6.02. The van der Waals surface area contributed by atoms with E-state index in [-0.39, 0.29) is 17.2 Å². The van der Waals surface area contributed by atoms with E-state index in [0.29, 0.717) is 37.1 Å². The molecule has 0 atom stereocenters. The number of hydrogen-bond donors (Lipinski definition) is 2. The highest BCUT2D eigenvalue weighted by Gasteiger charge is 2.37. The molecule has 3 N–H and O–H groups in total. The smallest absolute Gasteiger partial charge is 0.404 e. The van der Waals surface area contributed by atoms with E-state index in [2.05, 4.69) is 9.88 Å². The molecule has 170 valence electrons. The van der Waals surface area contributed by atoms with Crippen LogP contribution in [0.25, 0.3) is 16.5 Å². The molecule has 2 aliphatic heterocycles. The summed E-state index contributed by atoms with van der Waals surface area (Å²) in [6.45, 7) is 3.99. The van der Waals surface area contributed by atoms with Crippen molar-refractivity contribution in [2.24, 2.45) is 5.73 Å². The number of piperazine rings is 1. The highest BCUT2D eigenvalue weighted by Crippen LogP contribution is 2.32. The summed E-state index contributed by atoms with van der Waals surface area (Å²) in [6.07, 6.45) is -0.230. The molecular formula is C22H25F3N6O. The van der Waals surface area contributed by atoms with Gasteiger partial charge in [-0.15, -0.1) is 0 Å². The molecule has 32 heavy (non-hydrogen) atoms. The maximum atomic E-state index is 13.1. The molecule has 2 saturated heterocycles. The van der Waals surface area contributed by atoms with Gasteiger partial charge in [-0.2, -0.15) is 13.2 Å². The Morgan fingerprint density at radius 3 is 2.31 bits per heavy atom. The molecule has 1 aromatic carbocycles. The van der Waals surface area contributed by atoms with Crippen molar-refractivity contribution < 1.29 is 18.0 Å². The van der Waals surface area contributed by atoms with Crippen molar-refractivity contribution >= 4 is 33.9 Å². The topological polar surface area (TPSA) is 89.5 Å². The standard InChI is InChI=1S/C22H25F3N6O/c23-22(24,25)20(27)17(14-26)15-3-4-18-16(13-15)19(5-6-28-18)29-9-11-31(12-10-29)21(32)30-7-1-2-8-30/h3-6,13-14,27H,1-2,7-12,26H2/b17-14-,27-20?. The van der Waals surface area contributed by atoms with Crippen molar-refractivity contribution in [2.75, 3.05) is 44.2 Å². The van der Waals surface area contributed by atoms with Gasteiger partial charge in [0.15, 0.2) is 0 Å². The molecule has 2 aromatic rings. The zero-order valence-corrected chi connectivity index (χ0v) is 17.5. The minimum atomic E-state index is -4.80. The monoisotopic (exact) mass is 446 g/mol. The quantitative estimate of drug-likeness (QED) is 0.707. The number of anilines is 1. The Balaban J connectivity index is 1.58. The number of pyridine rings is 1. The Kier molecular flexibility index (Phi) is 5.94. The first kappa shape index (κ1) is 21.9. The average molecular weight is 446 g/mol. The van der Waals surface area contributed by atoms with Gasteiger partial charge in [-0.3, -0.25) is 10.4 Å². The Hall–Kier alpha value is -3.30. The molecule has 2 amide bonds. The lowest BCUT2D eigenvalue weighted by molar-refractivity contribution is -0.0578. The molecular weight excluding hydrogens is 421 g/mol. The highest BCUT2D eigenvalue weighted by molar-refractivity contribution is 6.25. The number of hydrogen-bond acceptors (Lipinski definition) is 5. The van der Waals surface area contributed by atoms with E-state index >= 15 is 0 Å². The summed E-state index contributed by atoms with van der Waals surface area (Å²) in [5.74, 6) is 0. The lowest BCUT2D eigenvalue weighted by Crippen LogP contribution is -2.52. The van der Waals surface area contributed by atoms with Crippen molar-refractivity contribution in [3.63, 3.8) is 0 Å². The fourth-order valence-electron chi connectivity index (χ4n) is 4.30. The first-order chi connectivity index (χ1) is 15.3. The molecule has 0 saturated carbocycles. The molecule has 7 nitrogen and oxygen atoms in total. The molecule has 10 heteroatoms. The Morgan fingerprint density at radius 1 is 1.03 bits per heavy atom. The van der Waals surface area contributed by atoms with Gasteiger partial charge in [0.05, 0.1) is 5.52 Å². The van der Waals surface area contributed by atoms with Crippen LogP contribution in [0.15, 0.2) is 36.7 Å². The number of alkyl halides is 3. The number of fused-ring (bicyclic) bond motifs is 1. The summed E-state index contributed by atoms with van der Waals surface area (Å²) in [4.78, 5) is 22.8. The van der Waals surface area contributed by atoms with Gasteiger partial charge in [0, 0.05) is 68.3 Å². The second-order valence-corrected chi connectivity index (χ2v) is 7.97. The summed E-state index contributed by atoms with van der Waals surface area (Å²) in [7, 11) is 0. The number of nitrogens with one attached hydrogen (secondary N) is 1. The number of rotatable bonds is 3. The number of aromatic nitrogens is 1. The first-order valence-electron chi connectivity index (χ1n) is 10.6. The number of carbonyl (C=O) groups is 1. The zero-order chi connectivity index (χ0) is 22.9. The molecule has 0 spiro atoms.